The van der Waals surface area contributed by atoms with E-state index in [0.29, 0.717) is 32.7 Å². The highest BCUT2D eigenvalue weighted by molar-refractivity contribution is 5.75. The number of para-hydroxylation sites is 1. The number of nitrogens with zero attached hydrogens (tertiary/aromatic N) is 1. The van der Waals surface area contributed by atoms with Crippen molar-refractivity contribution >= 4 is 5.91 Å². The van der Waals surface area contributed by atoms with E-state index in [0.717, 1.165) is 5.75 Å². The lowest BCUT2D eigenvalue weighted by Crippen LogP contribution is -2.47. The summed E-state index contributed by atoms with van der Waals surface area (Å²) < 4.78 is 11.2. The van der Waals surface area contributed by atoms with Gasteiger partial charge in [-0.1, -0.05) is 25.1 Å². The van der Waals surface area contributed by atoms with Crippen LogP contribution in [0.15, 0.2) is 30.3 Å². The van der Waals surface area contributed by atoms with Gasteiger partial charge in [0.25, 0.3) is 0 Å². The minimum Gasteiger partial charge on any atom is -0.491 e. The zero-order valence-electron chi connectivity index (χ0n) is 10.7. The van der Waals surface area contributed by atoms with Crippen LogP contribution in [0.25, 0.3) is 0 Å². The van der Waals surface area contributed by atoms with E-state index in [1.54, 1.807) is 0 Å². The number of rotatable bonds is 4. The van der Waals surface area contributed by atoms with Crippen molar-refractivity contribution in [1.82, 2.24) is 4.90 Å². The zero-order chi connectivity index (χ0) is 12.8. The van der Waals surface area contributed by atoms with Crippen molar-refractivity contribution in [2.45, 2.75) is 19.4 Å². The number of hydrogen-bond acceptors (Lipinski definition) is 3. The number of carbonyl (C=O) groups excluding carboxylic acids is 1. The van der Waals surface area contributed by atoms with Crippen LogP contribution in [0, 0.1) is 0 Å². The number of carbonyl (C=O) groups is 1. The van der Waals surface area contributed by atoms with E-state index in [2.05, 4.69) is 0 Å². The van der Waals surface area contributed by atoms with E-state index >= 15 is 0 Å². The van der Waals surface area contributed by atoms with Crippen molar-refractivity contribution < 1.29 is 14.3 Å². The molecule has 0 bridgehead atoms. The van der Waals surface area contributed by atoms with E-state index in [4.69, 9.17) is 9.47 Å². The molecular weight excluding hydrogens is 230 g/mol. The maximum Gasteiger partial charge on any atom is 0.222 e. The van der Waals surface area contributed by atoms with Crippen molar-refractivity contribution in [2.24, 2.45) is 0 Å². The predicted molar refractivity (Wildman–Crippen MR) is 68.5 cm³/mol. The summed E-state index contributed by atoms with van der Waals surface area (Å²) in [4.78, 5) is 13.5. The number of morpholine rings is 1. The first-order chi connectivity index (χ1) is 8.79. The molecule has 1 unspecified atom stereocenters. The summed E-state index contributed by atoms with van der Waals surface area (Å²) in [6, 6.07) is 9.65. The number of ether oxygens (including phenoxy) is 2. The van der Waals surface area contributed by atoms with Gasteiger partial charge in [-0.3, -0.25) is 4.79 Å². The molecule has 1 amide bonds. The Kier molecular flexibility index (Phi) is 4.59. The molecule has 4 heteroatoms. The highest BCUT2D eigenvalue weighted by Crippen LogP contribution is 2.12. The Morgan fingerprint density at radius 1 is 1.44 bits per heavy atom. The molecule has 0 aromatic heterocycles. The summed E-state index contributed by atoms with van der Waals surface area (Å²) in [5, 5.41) is 0. The zero-order valence-corrected chi connectivity index (χ0v) is 10.7. The molecule has 4 nitrogen and oxygen atoms in total. The van der Waals surface area contributed by atoms with Crippen LogP contribution in [0.4, 0.5) is 0 Å². The lowest BCUT2D eigenvalue weighted by Gasteiger charge is -2.32. The second-order valence-corrected chi connectivity index (χ2v) is 4.31. The highest BCUT2D eigenvalue weighted by atomic mass is 16.5. The van der Waals surface area contributed by atoms with Gasteiger partial charge in [0, 0.05) is 13.0 Å². The van der Waals surface area contributed by atoms with Crippen LogP contribution in [0.5, 0.6) is 5.75 Å². The number of hydrogen-bond donors (Lipinski definition) is 0. The molecule has 0 N–H and O–H groups in total. The lowest BCUT2D eigenvalue weighted by molar-refractivity contribution is -0.139. The topological polar surface area (TPSA) is 38.8 Å². The van der Waals surface area contributed by atoms with Crippen molar-refractivity contribution in [1.29, 1.82) is 0 Å². The van der Waals surface area contributed by atoms with Crippen LogP contribution in [0.1, 0.15) is 13.3 Å². The Morgan fingerprint density at radius 3 is 2.94 bits per heavy atom. The standard InChI is InChI=1S/C14H19NO3/c1-2-14(16)15-8-9-17-13(10-15)11-18-12-6-4-3-5-7-12/h3-7,13H,2,8-11H2,1H3. The summed E-state index contributed by atoms with van der Waals surface area (Å²) in [7, 11) is 0. The monoisotopic (exact) mass is 249 g/mol. The molecule has 1 fully saturated rings. The van der Waals surface area contributed by atoms with Crippen molar-refractivity contribution in [3.8, 4) is 5.75 Å². The van der Waals surface area contributed by atoms with E-state index in [1.165, 1.54) is 0 Å². The third-order valence-corrected chi connectivity index (χ3v) is 2.97. The molecule has 1 aromatic carbocycles. The Hall–Kier alpha value is -1.55. The maximum absolute atomic E-state index is 11.6. The molecule has 0 radical (unpaired) electrons. The van der Waals surface area contributed by atoms with Crippen LogP contribution in [0.3, 0.4) is 0 Å². The molecule has 18 heavy (non-hydrogen) atoms. The molecule has 1 heterocycles. The first-order valence-corrected chi connectivity index (χ1v) is 6.37. The molecule has 0 saturated carbocycles. The van der Waals surface area contributed by atoms with Crippen LogP contribution in [-0.4, -0.2) is 43.2 Å². The summed E-state index contributed by atoms with van der Waals surface area (Å²) in [6.07, 6.45) is 0.515. The first kappa shape index (κ1) is 12.9. The number of benzene rings is 1. The van der Waals surface area contributed by atoms with Crippen LogP contribution < -0.4 is 4.74 Å². The van der Waals surface area contributed by atoms with Crippen LogP contribution in [0.2, 0.25) is 0 Å². The highest BCUT2D eigenvalue weighted by Gasteiger charge is 2.23. The fourth-order valence-electron chi connectivity index (χ4n) is 1.98. The largest absolute Gasteiger partial charge is 0.491 e. The van der Waals surface area contributed by atoms with Gasteiger partial charge >= 0.3 is 0 Å². The van der Waals surface area contributed by atoms with Gasteiger partial charge in [0.05, 0.1) is 13.2 Å². The van der Waals surface area contributed by atoms with Gasteiger partial charge in [-0.25, -0.2) is 0 Å². The van der Waals surface area contributed by atoms with Gasteiger partial charge in [-0.15, -0.1) is 0 Å². The van der Waals surface area contributed by atoms with Gasteiger partial charge in [-0.05, 0) is 12.1 Å². The summed E-state index contributed by atoms with van der Waals surface area (Å²) in [6.45, 7) is 4.27. The smallest absolute Gasteiger partial charge is 0.222 e. The van der Waals surface area contributed by atoms with Crippen molar-refractivity contribution in [3.05, 3.63) is 30.3 Å². The third-order valence-electron chi connectivity index (χ3n) is 2.97. The molecule has 0 spiro atoms. The van der Waals surface area contributed by atoms with Gasteiger partial charge in [0.1, 0.15) is 18.5 Å². The molecular formula is C14H19NO3. The minimum atomic E-state index is -0.0329. The van der Waals surface area contributed by atoms with E-state index in [9.17, 15) is 4.79 Å². The van der Waals surface area contributed by atoms with Gasteiger partial charge < -0.3 is 14.4 Å². The Morgan fingerprint density at radius 2 is 2.22 bits per heavy atom. The molecule has 1 aliphatic rings. The summed E-state index contributed by atoms with van der Waals surface area (Å²) in [5.41, 5.74) is 0. The predicted octanol–water partition coefficient (Wildman–Crippen LogP) is 1.70. The minimum absolute atomic E-state index is 0.0329. The SMILES string of the molecule is CCC(=O)N1CCOC(COc2ccccc2)C1. The molecule has 1 saturated heterocycles. The molecule has 1 aliphatic heterocycles. The molecule has 1 aromatic rings. The van der Waals surface area contributed by atoms with Crippen LogP contribution in [-0.2, 0) is 9.53 Å². The fraction of sp³-hybridized carbons (Fsp3) is 0.500. The van der Waals surface area contributed by atoms with E-state index in [1.807, 2.05) is 42.2 Å². The second kappa shape index (κ2) is 6.40. The quantitative estimate of drug-likeness (QED) is 0.815. The maximum atomic E-state index is 11.6. The third kappa shape index (κ3) is 3.47. The van der Waals surface area contributed by atoms with Crippen molar-refractivity contribution in [3.63, 3.8) is 0 Å². The Labute approximate surface area is 107 Å². The van der Waals surface area contributed by atoms with E-state index < -0.39 is 0 Å². The van der Waals surface area contributed by atoms with Gasteiger partial charge in [0.2, 0.25) is 5.91 Å². The van der Waals surface area contributed by atoms with Gasteiger partial charge in [0.15, 0.2) is 0 Å². The average molecular weight is 249 g/mol. The molecule has 1 atom stereocenters. The normalized spacial score (nSPS) is 19.6. The summed E-state index contributed by atoms with van der Waals surface area (Å²) >= 11 is 0. The Bertz CT molecular complexity index is 380. The lowest BCUT2D eigenvalue weighted by atomic mass is 10.2. The molecule has 0 aliphatic carbocycles. The summed E-state index contributed by atoms with van der Waals surface area (Å²) in [5.74, 6) is 1.02. The first-order valence-electron chi connectivity index (χ1n) is 6.37. The van der Waals surface area contributed by atoms with Crippen molar-refractivity contribution in [2.75, 3.05) is 26.3 Å². The number of amides is 1. The van der Waals surface area contributed by atoms with E-state index in [-0.39, 0.29) is 12.0 Å². The van der Waals surface area contributed by atoms with Crippen LogP contribution >= 0.6 is 0 Å². The second-order valence-electron chi connectivity index (χ2n) is 4.31. The van der Waals surface area contributed by atoms with Gasteiger partial charge in [-0.2, -0.15) is 0 Å². The Balaban J connectivity index is 1.81. The molecule has 98 valence electrons. The fourth-order valence-corrected chi connectivity index (χ4v) is 1.98. The molecule has 2 rings (SSSR count). The average Bonchev–Trinajstić information content (AvgIpc) is 2.45.